The van der Waals surface area contributed by atoms with Crippen LogP contribution in [0.1, 0.15) is 58.4 Å². The van der Waals surface area contributed by atoms with Crippen molar-refractivity contribution in [1.82, 2.24) is 0 Å². The molecule has 0 saturated carbocycles. The molecule has 0 bridgehead atoms. The monoisotopic (exact) mass is 192 g/mol. The van der Waals surface area contributed by atoms with Crippen LogP contribution < -0.4 is 0 Å². The number of hydrogen-bond donors (Lipinski definition) is 0. The summed E-state index contributed by atoms with van der Waals surface area (Å²) >= 11 is 0. The Balaban J connectivity index is 0.00000169. The third-order valence-corrected chi connectivity index (χ3v) is 2.55. The lowest BCUT2D eigenvalue weighted by Gasteiger charge is -2.15. The van der Waals surface area contributed by atoms with E-state index in [9.17, 15) is 0 Å². The van der Waals surface area contributed by atoms with Crippen molar-refractivity contribution in [3.8, 4) is 0 Å². The van der Waals surface area contributed by atoms with Gasteiger partial charge >= 0.3 is 0 Å². The van der Waals surface area contributed by atoms with E-state index < -0.39 is 0 Å². The first-order chi connectivity index (χ1) is 6.38. The quantitative estimate of drug-likeness (QED) is 0.615. The summed E-state index contributed by atoms with van der Waals surface area (Å²) in [5.41, 5.74) is 1.52. The van der Waals surface area contributed by atoms with Crippen molar-refractivity contribution in [2.75, 3.05) is 0 Å². The highest BCUT2D eigenvalue weighted by Gasteiger charge is 2.07. The molecule has 0 aliphatic rings. The molecule has 80 valence electrons. The van der Waals surface area contributed by atoms with Crippen LogP contribution in [0.2, 0.25) is 0 Å². The van der Waals surface area contributed by atoms with Gasteiger partial charge in [-0.1, -0.05) is 64.4 Å². The van der Waals surface area contributed by atoms with Crippen LogP contribution in [0.5, 0.6) is 0 Å². The molecule has 0 aliphatic heterocycles. The van der Waals surface area contributed by atoms with Crippen molar-refractivity contribution in [2.45, 2.75) is 52.9 Å². The maximum absolute atomic E-state index is 2.27. The minimum Gasteiger partial charge on any atom is -0.0776 e. The zero-order chi connectivity index (χ0) is 9.52. The van der Waals surface area contributed by atoms with Gasteiger partial charge in [-0.05, 0) is 24.3 Å². The molecule has 0 saturated heterocycles. The van der Waals surface area contributed by atoms with Crippen LogP contribution in [0, 0.1) is 0 Å². The van der Waals surface area contributed by atoms with Crippen LogP contribution in [0.4, 0.5) is 0 Å². The molecule has 0 aliphatic carbocycles. The van der Waals surface area contributed by atoms with Crippen LogP contribution in [0.25, 0.3) is 0 Å². The first-order valence-corrected chi connectivity index (χ1v) is 5.43. The molecule has 0 fully saturated rings. The van der Waals surface area contributed by atoms with Gasteiger partial charge in [-0.3, -0.25) is 0 Å². The summed E-state index contributed by atoms with van der Waals surface area (Å²) in [4.78, 5) is 0. The van der Waals surface area contributed by atoms with Crippen molar-refractivity contribution in [3.63, 3.8) is 0 Å². The van der Waals surface area contributed by atoms with Crippen LogP contribution in [-0.2, 0) is 0 Å². The summed E-state index contributed by atoms with van der Waals surface area (Å²) in [6.45, 7) is 4.54. The fourth-order valence-corrected chi connectivity index (χ4v) is 1.90. The zero-order valence-corrected chi connectivity index (χ0v) is 8.79. The third-order valence-electron chi connectivity index (χ3n) is 2.55. The minimum absolute atomic E-state index is 0. The Kier molecular flexibility index (Phi) is 7.18. The van der Waals surface area contributed by atoms with Gasteiger partial charge < -0.3 is 0 Å². The molecule has 0 heterocycles. The fourth-order valence-electron chi connectivity index (χ4n) is 1.90. The van der Waals surface area contributed by atoms with E-state index in [4.69, 9.17) is 0 Å². The Morgan fingerprint density at radius 2 is 1.43 bits per heavy atom. The van der Waals surface area contributed by atoms with Gasteiger partial charge in [-0.15, -0.1) is 0 Å². The normalized spacial score (nSPS) is 9.93. The van der Waals surface area contributed by atoms with Gasteiger partial charge in [0.05, 0.1) is 0 Å². The van der Waals surface area contributed by atoms with Gasteiger partial charge in [-0.25, -0.2) is 0 Å². The van der Waals surface area contributed by atoms with E-state index in [1.54, 1.807) is 0 Å². The topological polar surface area (TPSA) is 0 Å². The second-order valence-corrected chi connectivity index (χ2v) is 3.68. The third kappa shape index (κ3) is 3.95. The second-order valence-electron chi connectivity index (χ2n) is 3.68. The summed E-state index contributed by atoms with van der Waals surface area (Å²) in [5.74, 6) is 0.788. The Bertz CT molecular complexity index is 207. The molecule has 1 rings (SSSR count). The highest BCUT2D eigenvalue weighted by molar-refractivity contribution is 5.19. The molecule has 0 atom stereocenters. The fraction of sp³-hybridized carbons (Fsp3) is 0.571. The SMILES string of the molecule is C.CCCC(CCC)c1ccccc1. The highest BCUT2D eigenvalue weighted by atomic mass is 14.1. The maximum atomic E-state index is 2.27. The van der Waals surface area contributed by atoms with Gasteiger partial charge in [0.25, 0.3) is 0 Å². The Hall–Kier alpha value is -0.780. The first-order valence-electron chi connectivity index (χ1n) is 5.43. The largest absolute Gasteiger partial charge is 0.0776 e. The molecular weight excluding hydrogens is 168 g/mol. The lowest BCUT2D eigenvalue weighted by atomic mass is 9.91. The van der Waals surface area contributed by atoms with Crippen molar-refractivity contribution in [2.24, 2.45) is 0 Å². The first kappa shape index (κ1) is 13.2. The maximum Gasteiger partial charge on any atom is -0.0162 e. The zero-order valence-electron chi connectivity index (χ0n) is 8.79. The van der Waals surface area contributed by atoms with Crippen LogP contribution in [0.3, 0.4) is 0 Å². The van der Waals surface area contributed by atoms with Gasteiger partial charge in [-0.2, -0.15) is 0 Å². The molecule has 0 aromatic heterocycles. The molecular formula is C14H24. The van der Waals surface area contributed by atoms with Gasteiger partial charge in [0.1, 0.15) is 0 Å². The summed E-state index contributed by atoms with van der Waals surface area (Å²) in [5, 5.41) is 0. The van der Waals surface area contributed by atoms with Crippen molar-refractivity contribution in [3.05, 3.63) is 35.9 Å². The van der Waals surface area contributed by atoms with E-state index in [2.05, 4.69) is 44.2 Å². The van der Waals surface area contributed by atoms with Gasteiger partial charge in [0.15, 0.2) is 0 Å². The van der Waals surface area contributed by atoms with Gasteiger partial charge in [0, 0.05) is 0 Å². The molecule has 1 aromatic rings. The molecule has 0 amide bonds. The Morgan fingerprint density at radius 3 is 1.86 bits per heavy atom. The summed E-state index contributed by atoms with van der Waals surface area (Å²) in [7, 11) is 0. The van der Waals surface area contributed by atoms with Crippen molar-refractivity contribution in [1.29, 1.82) is 0 Å². The van der Waals surface area contributed by atoms with E-state index in [0.717, 1.165) is 5.92 Å². The van der Waals surface area contributed by atoms with Crippen LogP contribution in [-0.4, -0.2) is 0 Å². The number of rotatable bonds is 5. The van der Waals surface area contributed by atoms with E-state index in [1.165, 1.54) is 31.2 Å². The standard InChI is InChI=1S/C13H20.CH4/c1-3-8-12(9-4-2)13-10-6-5-7-11-13;/h5-7,10-12H,3-4,8-9H2,1-2H3;1H4. The summed E-state index contributed by atoms with van der Waals surface area (Å²) in [6, 6.07) is 10.9. The Morgan fingerprint density at radius 1 is 0.929 bits per heavy atom. The summed E-state index contributed by atoms with van der Waals surface area (Å²) < 4.78 is 0. The minimum atomic E-state index is 0. The van der Waals surface area contributed by atoms with Crippen molar-refractivity contribution < 1.29 is 0 Å². The molecule has 14 heavy (non-hydrogen) atoms. The molecule has 0 unspecified atom stereocenters. The molecule has 1 aromatic carbocycles. The predicted molar refractivity (Wildman–Crippen MR) is 65.7 cm³/mol. The Labute approximate surface area is 89.4 Å². The lowest BCUT2D eigenvalue weighted by Crippen LogP contribution is -1.97. The van der Waals surface area contributed by atoms with E-state index in [-0.39, 0.29) is 7.43 Å². The lowest BCUT2D eigenvalue weighted by molar-refractivity contribution is 0.561. The second kappa shape index (κ2) is 7.61. The molecule has 0 nitrogen and oxygen atoms in total. The molecule has 0 radical (unpaired) electrons. The van der Waals surface area contributed by atoms with Gasteiger partial charge in [0.2, 0.25) is 0 Å². The number of hydrogen-bond acceptors (Lipinski definition) is 0. The van der Waals surface area contributed by atoms with Crippen LogP contribution >= 0.6 is 0 Å². The smallest absolute Gasteiger partial charge is 0.0162 e. The van der Waals surface area contributed by atoms with E-state index in [0.29, 0.717) is 0 Å². The number of benzene rings is 1. The van der Waals surface area contributed by atoms with Crippen molar-refractivity contribution >= 4 is 0 Å². The average Bonchev–Trinajstić information content (AvgIpc) is 2.19. The van der Waals surface area contributed by atoms with E-state index >= 15 is 0 Å². The summed E-state index contributed by atoms with van der Waals surface area (Å²) in [6.07, 6.45) is 5.24. The predicted octanol–water partition coefficient (Wildman–Crippen LogP) is 5.01. The molecule has 0 spiro atoms. The van der Waals surface area contributed by atoms with Crippen LogP contribution in [0.15, 0.2) is 30.3 Å². The average molecular weight is 192 g/mol. The molecule has 0 heteroatoms. The van der Waals surface area contributed by atoms with E-state index in [1.807, 2.05) is 0 Å². The molecule has 0 N–H and O–H groups in total. The highest BCUT2D eigenvalue weighted by Crippen LogP contribution is 2.25.